The van der Waals surface area contributed by atoms with Crippen LogP contribution in [0.3, 0.4) is 0 Å². The van der Waals surface area contributed by atoms with Crippen LogP contribution < -0.4 is 10.1 Å². The Balaban J connectivity index is 1.85. The number of aromatic nitrogens is 1. The Morgan fingerprint density at radius 3 is 2.50 bits per heavy atom. The van der Waals surface area contributed by atoms with Crippen LogP contribution in [0.15, 0.2) is 53.7 Å². The molecule has 0 aliphatic rings. The number of sulfonamides is 1. The average molecular weight is 349 g/mol. The first-order chi connectivity index (χ1) is 11.4. The molecule has 24 heavy (non-hydrogen) atoms. The second kappa shape index (κ2) is 7.89. The zero-order chi connectivity index (χ0) is 17.6. The Kier molecular flexibility index (Phi) is 5.88. The number of ether oxygens (including phenoxy) is 1. The highest BCUT2D eigenvalue weighted by molar-refractivity contribution is 7.89. The number of rotatable bonds is 7. The van der Waals surface area contributed by atoms with Gasteiger partial charge in [-0.2, -0.15) is 0 Å². The van der Waals surface area contributed by atoms with Crippen LogP contribution in [0.5, 0.6) is 5.75 Å². The molecule has 1 aromatic heterocycles. The van der Waals surface area contributed by atoms with E-state index in [9.17, 15) is 13.2 Å². The van der Waals surface area contributed by atoms with Gasteiger partial charge in [-0.05, 0) is 35.9 Å². The Morgan fingerprint density at radius 2 is 1.92 bits per heavy atom. The van der Waals surface area contributed by atoms with Gasteiger partial charge in [-0.1, -0.05) is 6.07 Å². The van der Waals surface area contributed by atoms with Gasteiger partial charge in [0.1, 0.15) is 5.75 Å². The van der Waals surface area contributed by atoms with Gasteiger partial charge in [-0.25, -0.2) is 12.7 Å². The summed E-state index contributed by atoms with van der Waals surface area (Å²) in [5.74, 6) is 0.146. The second-order valence-electron chi connectivity index (χ2n) is 5.19. The van der Waals surface area contributed by atoms with Crippen molar-refractivity contribution in [3.8, 4) is 5.75 Å². The molecule has 128 valence electrons. The molecule has 0 spiro atoms. The summed E-state index contributed by atoms with van der Waals surface area (Å²) < 4.78 is 30.4. The minimum atomic E-state index is -3.47. The zero-order valence-corrected chi connectivity index (χ0v) is 14.3. The van der Waals surface area contributed by atoms with E-state index in [1.807, 2.05) is 6.07 Å². The Bertz CT molecular complexity index is 775. The summed E-state index contributed by atoms with van der Waals surface area (Å²) in [4.78, 5) is 15.9. The lowest BCUT2D eigenvalue weighted by atomic mass is 10.3. The molecule has 0 bridgehead atoms. The first kappa shape index (κ1) is 17.9. The van der Waals surface area contributed by atoms with E-state index in [1.165, 1.54) is 38.4 Å². The predicted octanol–water partition coefficient (Wildman–Crippen LogP) is 1.03. The molecule has 0 aliphatic carbocycles. The minimum Gasteiger partial charge on any atom is -0.484 e. The maximum absolute atomic E-state index is 11.9. The first-order valence-electron chi connectivity index (χ1n) is 7.20. The predicted molar refractivity (Wildman–Crippen MR) is 88.9 cm³/mol. The number of benzene rings is 1. The highest BCUT2D eigenvalue weighted by Crippen LogP contribution is 2.17. The van der Waals surface area contributed by atoms with Crippen LogP contribution in [0.2, 0.25) is 0 Å². The van der Waals surface area contributed by atoms with Gasteiger partial charge in [0.15, 0.2) is 6.61 Å². The molecule has 0 atom stereocenters. The summed E-state index contributed by atoms with van der Waals surface area (Å²) in [5.41, 5.74) is 0.893. The fourth-order valence-electron chi connectivity index (χ4n) is 1.82. The van der Waals surface area contributed by atoms with Crippen molar-refractivity contribution in [2.75, 3.05) is 20.7 Å². The summed E-state index contributed by atoms with van der Waals surface area (Å²) in [7, 11) is -0.542. The van der Waals surface area contributed by atoms with E-state index in [1.54, 1.807) is 18.5 Å². The fraction of sp³-hybridized carbons (Fsp3) is 0.250. The van der Waals surface area contributed by atoms with Crippen molar-refractivity contribution in [2.45, 2.75) is 11.4 Å². The lowest BCUT2D eigenvalue weighted by Crippen LogP contribution is -2.28. The molecule has 7 nitrogen and oxygen atoms in total. The zero-order valence-electron chi connectivity index (χ0n) is 13.5. The summed E-state index contributed by atoms with van der Waals surface area (Å²) in [6.45, 7) is 0.218. The van der Waals surface area contributed by atoms with E-state index in [2.05, 4.69) is 10.3 Å². The van der Waals surface area contributed by atoms with Crippen LogP contribution >= 0.6 is 0 Å². The van der Waals surface area contributed by atoms with Crippen LogP contribution in [-0.4, -0.2) is 44.3 Å². The molecule has 0 radical (unpaired) electrons. The molecular formula is C16H19N3O4S. The number of pyridine rings is 1. The molecular weight excluding hydrogens is 330 g/mol. The molecule has 0 saturated heterocycles. The SMILES string of the molecule is CN(C)S(=O)(=O)c1ccc(OCC(=O)NCc2cccnc2)cc1. The van der Waals surface area contributed by atoms with Crippen molar-refractivity contribution in [1.29, 1.82) is 0 Å². The molecule has 1 heterocycles. The third-order valence-electron chi connectivity index (χ3n) is 3.18. The molecule has 0 unspecified atom stereocenters. The number of nitrogens with one attached hydrogen (secondary N) is 1. The topological polar surface area (TPSA) is 88.6 Å². The van der Waals surface area contributed by atoms with Gasteiger partial charge < -0.3 is 10.1 Å². The van der Waals surface area contributed by atoms with E-state index in [-0.39, 0.29) is 17.4 Å². The van der Waals surface area contributed by atoms with Gasteiger partial charge in [0.05, 0.1) is 4.90 Å². The van der Waals surface area contributed by atoms with Crippen molar-refractivity contribution < 1.29 is 17.9 Å². The normalized spacial score (nSPS) is 11.3. The summed E-state index contributed by atoms with van der Waals surface area (Å²) >= 11 is 0. The van der Waals surface area contributed by atoms with Crippen LogP contribution in [0.1, 0.15) is 5.56 Å². The molecule has 0 saturated carbocycles. The molecule has 1 N–H and O–H groups in total. The van der Waals surface area contributed by atoms with E-state index >= 15 is 0 Å². The maximum atomic E-state index is 11.9. The van der Waals surface area contributed by atoms with Gasteiger partial charge in [0, 0.05) is 33.0 Å². The van der Waals surface area contributed by atoms with E-state index in [0.29, 0.717) is 12.3 Å². The second-order valence-corrected chi connectivity index (χ2v) is 7.34. The van der Waals surface area contributed by atoms with E-state index in [4.69, 9.17) is 4.74 Å². The molecule has 8 heteroatoms. The Labute approximate surface area is 141 Å². The first-order valence-corrected chi connectivity index (χ1v) is 8.64. The fourth-order valence-corrected chi connectivity index (χ4v) is 2.72. The van der Waals surface area contributed by atoms with Gasteiger partial charge in [0.25, 0.3) is 5.91 Å². The number of hydrogen-bond donors (Lipinski definition) is 1. The highest BCUT2D eigenvalue weighted by atomic mass is 32.2. The van der Waals surface area contributed by atoms with Gasteiger partial charge in [0.2, 0.25) is 10.0 Å². The van der Waals surface area contributed by atoms with Crippen LogP contribution in [-0.2, 0) is 21.4 Å². The molecule has 0 fully saturated rings. The lowest BCUT2D eigenvalue weighted by Gasteiger charge is -2.12. The van der Waals surface area contributed by atoms with Gasteiger partial charge in [-0.15, -0.1) is 0 Å². The smallest absolute Gasteiger partial charge is 0.258 e. The number of amides is 1. The largest absolute Gasteiger partial charge is 0.484 e. The molecule has 1 aromatic carbocycles. The molecule has 2 rings (SSSR count). The van der Waals surface area contributed by atoms with Crippen molar-refractivity contribution >= 4 is 15.9 Å². The minimum absolute atomic E-state index is 0.153. The van der Waals surface area contributed by atoms with E-state index in [0.717, 1.165) is 9.87 Å². The van der Waals surface area contributed by atoms with Crippen molar-refractivity contribution in [3.63, 3.8) is 0 Å². The van der Waals surface area contributed by atoms with E-state index < -0.39 is 10.0 Å². The summed E-state index contributed by atoms with van der Waals surface area (Å²) in [6, 6.07) is 9.57. The van der Waals surface area contributed by atoms with Gasteiger partial charge >= 0.3 is 0 Å². The van der Waals surface area contributed by atoms with Crippen LogP contribution in [0.4, 0.5) is 0 Å². The quantitative estimate of drug-likeness (QED) is 0.806. The third-order valence-corrected chi connectivity index (χ3v) is 5.01. The van der Waals surface area contributed by atoms with Crippen molar-refractivity contribution in [3.05, 3.63) is 54.4 Å². The average Bonchev–Trinajstić information content (AvgIpc) is 2.59. The number of hydrogen-bond acceptors (Lipinski definition) is 5. The number of carbonyl (C=O) groups excluding carboxylic acids is 1. The monoisotopic (exact) mass is 349 g/mol. The Morgan fingerprint density at radius 1 is 1.21 bits per heavy atom. The van der Waals surface area contributed by atoms with Crippen LogP contribution in [0.25, 0.3) is 0 Å². The molecule has 2 aromatic rings. The number of nitrogens with zero attached hydrogens (tertiary/aromatic N) is 2. The lowest BCUT2D eigenvalue weighted by molar-refractivity contribution is -0.123. The molecule has 0 aliphatic heterocycles. The Hall–Kier alpha value is -2.45. The van der Waals surface area contributed by atoms with Crippen molar-refractivity contribution in [2.24, 2.45) is 0 Å². The molecule has 1 amide bonds. The van der Waals surface area contributed by atoms with Crippen LogP contribution in [0, 0.1) is 0 Å². The van der Waals surface area contributed by atoms with Crippen molar-refractivity contribution in [1.82, 2.24) is 14.6 Å². The maximum Gasteiger partial charge on any atom is 0.258 e. The van der Waals surface area contributed by atoms with Gasteiger partial charge in [-0.3, -0.25) is 9.78 Å². The summed E-state index contributed by atoms with van der Waals surface area (Å²) in [5, 5.41) is 2.71. The third kappa shape index (κ3) is 4.77. The number of carbonyl (C=O) groups is 1. The standard InChI is InChI=1S/C16H19N3O4S/c1-19(2)24(21,22)15-7-5-14(6-8-15)23-12-16(20)18-11-13-4-3-9-17-10-13/h3-10H,11-12H2,1-2H3,(H,18,20). The summed E-state index contributed by atoms with van der Waals surface area (Å²) in [6.07, 6.45) is 3.33. The highest BCUT2D eigenvalue weighted by Gasteiger charge is 2.16.